The van der Waals surface area contributed by atoms with Crippen molar-refractivity contribution in [3.63, 3.8) is 0 Å². The van der Waals surface area contributed by atoms with Gasteiger partial charge in [-0.25, -0.2) is 0 Å². The number of nitriles is 5. The van der Waals surface area contributed by atoms with E-state index in [-0.39, 0.29) is 45.1 Å². The topological polar surface area (TPSA) is 129 Å². The van der Waals surface area contributed by atoms with E-state index in [2.05, 4.69) is 24.3 Å². The summed E-state index contributed by atoms with van der Waals surface area (Å²) in [5.74, 6) is 0. The Morgan fingerprint density at radius 1 is 0.353 bits per heavy atom. The Morgan fingerprint density at radius 3 is 1.25 bits per heavy atom. The molecular formula is C55H25F6N7. The van der Waals surface area contributed by atoms with Crippen LogP contribution in [-0.2, 0) is 12.4 Å². The molecule has 0 radical (unpaired) electrons. The average molecular weight is 898 g/mol. The molecule has 2 aromatic heterocycles. The predicted octanol–water partition coefficient (Wildman–Crippen LogP) is 14.3. The van der Waals surface area contributed by atoms with Crippen LogP contribution in [0.5, 0.6) is 0 Å². The molecular weight excluding hydrogens is 873 g/mol. The average Bonchev–Trinajstić information content (AvgIpc) is 3.86. The van der Waals surface area contributed by atoms with Crippen LogP contribution in [0.3, 0.4) is 0 Å². The van der Waals surface area contributed by atoms with Crippen molar-refractivity contribution in [2.24, 2.45) is 0 Å². The van der Waals surface area contributed by atoms with E-state index in [9.17, 15) is 39.5 Å². The number of halogens is 6. The number of fused-ring (bicyclic) bond motifs is 6. The molecule has 0 unspecified atom stereocenters. The smallest absolute Gasteiger partial charge is 0.307 e. The lowest BCUT2D eigenvalue weighted by Gasteiger charge is -2.21. The standard InChI is InChI=1S/C55H25F6N7/c56-54(57,58)38-13-18-41(47(24-38)55(59,60)61)46-25-53(68-49-8-4-2-6-43(49)45-17-12-34(22-51(45)68)40-15-10-32(27-63)20-36(40)29-65)52(23-37(46)30-66)67-48-7-3-1-5-42(48)44-16-11-33(21-50(44)67)39-14-9-31(26-62)19-35(39)28-64/h1-25H. The van der Waals surface area contributed by atoms with Crippen LogP contribution in [0.2, 0.25) is 0 Å². The van der Waals surface area contributed by atoms with E-state index in [1.807, 2.05) is 88.0 Å². The van der Waals surface area contributed by atoms with Gasteiger partial charge in [-0.1, -0.05) is 78.9 Å². The lowest BCUT2D eigenvalue weighted by molar-refractivity contribution is -0.142. The van der Waals surface area contributed by atoms with Crippen LogP contribution in [-0.4, -0.2) is 9.13 Å². The van der Waals surface area contributed by atoms with E-state index in [0.29, 0.717) is 61.5 Å². The Balaban J connectivity index is 1.37. The van der Waals surface area contributed by atoms with Gasteiger partial charge < -0.3 is 9.13 Å². The van der Waals surface area contributed by atoms with Crippen molar-refractivity contribution in [2.75, 3.05) is 0 Å². The highest BCUT2D eigenvalue weighted by Crippen LogP contribution is 2.46. The summed E-state index contributed by atoms with van der Waals surface area (Å²) < 4.78 is 90.8. The SMILES string of the molecule is N#Cc1ccc(-c2ccc3c4ccccc4n(-c4cc(C#N)c(-c5ccc(C(F)(F)F)cc5C(F)(F)F)cc4-n4c5ccccc5c5ccc(-c6ccc(C#N)cc6C#N)cc54)c3c2)c(C#N)c1. The fraction of sp³-hybridized carbons (Fsp3) is 0.0364. The quantitative estimate of drug-likeness (QED) is 0.159. The van der Waals surface area contributed by atoms with Gasteiger partial charge in [-0.05, 0) is 101 Å². The van der Waals surface area contributed by atoms with Crippen molar-refractivity contribution in [2.45, 2.75) is 12.4 Å². The minimum absolute atomic E-state index is 0.0499. The monoisotopic (exact) mass is 897 g/mol. The number of hydrogen-bond donors (Lipinski definition) is 0. The molecule has 322 valence electrons. The summed E-state index contributed by atoms with van der Waals surface area (Å²) in [7, 11) is 0. The molecule has 0 amide bonds. The van der Waals surface area contributed by atoms with E-state index in [4.69, 9.17) is 0 Å². The molecule has 0 aliphatic rings. The zero-order valence-corrected chi connectivity index (χ0v) is 34.8. The number of rotatable bonds is 5. The number of benzene rings is 8. The van der Waals surface area contributed by atoms with E-state index < -0.39 is 29.0 Å². The molecule has 0 saturated carbocycles. The molecule has 0 bridgehead atoms. The summed E-state index contributed by atoms with van der Waals surface area (Å²) in [6, 6.07) is 49.8. The van der Waals surface area contributed by atoms with Gasteiger partial charge in [0.25, 0.3) is 0 Å². The molecule has 0 fully saturated rings. The largest absolute Gasteiger partial charge is 0.417 e. The molecule has 10 aromatic rings. The molecule has 2 heterocycles. The maximum atomic E-state index is 15.0. The summed E-state index contributed by atoms with van der Waals surface area (Å²) >= 11 is 0. The van der Waals surface area contributed by atoms with Gasteiger partial charge >= 0.3 is 12.4 Å². The van der Waals surface area contributed by atoms with Crippen LogP contribution in [0.15, 0.2) is 152 Å². The highest BCUT2D eigenvalue weighted by molar-refractivity contribution is 6.13. The van der Waals surface area contributed by atoms with Crippen molar-refractivity contribution < 1.29 is 26.3 Å². The number of aromatic nitrogens is 2. The Kier molecular flexibility index (Phi) is 9.85. The van der Waals surface area contributed by atoms with E-state index in [1.54, 1.807) is 36.4 Å². The molecule has 8 aromatic carbocycles. The summed E-state index contributed by atoms with van der Waals surface area (Å²) in [4.78, 5) is 0. The molecule has 0 aliphatic carbocycles. The van der Waals surface area contributed by atoms with Crippen molar-refractivity contribution >= 4 is 43.6 Å². The Hall–Kier alpha value is -9.61. The number of nitrogens with zero attached hydrogens (tertiary/aromatic N) is 7. The molecule has 10 rings (SSSR count). The van der Waals surface area contributed by atoms with E-state index >= 15 is 13.2 Å². The van der Waals surface area contributed by atoms with Gasteiger partial charge in [0.2, 0.25) is 0 Å². The maximum absolute atomic E-state index is 15.0. The second-order valence-electron chi connectivity index (χ2n) is 15.9. The van der Waals surface area contributed by atoms with Gasteiger partial charge in [0.1, 0.15) is 0 Å². The molecule has 13 heteroatoms. The maximum Gasteiger partial charge on any atom is 0.417 e. The second kappa shape index (κ2) is 15.8. The normalized spacial score (nSPS) is 11.6. The molecule has 0 spiro atoms. The van der Waals surface area contributed by atoms with Crippen LogP contribution < -0.4 is 0 Å². The highest BCUT2D eigenvalue weighted by atomic mass is 19.4. The molecule has 0 atom stereocenters. The van der Waals surface area contributed by atoms with Crippen molar-refractivity contribution in [1.29, 1.82) is 26.3 Å². The molecule has 0 N–H and O–H groups in total. The Labute approximate surface area is 382 Å². The van der Waals surface area contributed by atoms with Crippen LogP contribution in [0.1, 0.15) is 38.9 Å². The highest BCUT2D eigenvalue weighted by Gasteiger charge is 2.39. The first-order valence-electron chi connectivity index (χ1n) is 20.6. The number of para-hydroxylation sites is 2. The van der Waals surface area contributed by atoms with Gasteiger partial charge in [-0.3, -0.25) is 0 Å². The third-order valence-electron chi connectivity index (χ3n) is 12.2. The van der Waals surface area contributed by atoms with Gasteiger partial charge in [-0.15, -0.1) is 0 Å². The minimum Gasteiger partial charge on any atom is -0.307 e. The summed E-state index contributed by atoms with van der Waals surface area (Å²) in [5, 5.41) is 53.3. The van der Waals surface area contributed by atoms with Crippen molar-refractivity contribution in [1.82, 2.24) is 9.13 Å². The van der Waals surface area contributed by atoms with Crippen LogP contribution in [0.25, 0.3) is 88.4 Å². The summed E-state index contributed by atoms with van der Waals surface area (Å²) in [6.45, 7) is 0. The lowest BCUT2D eigenvalue weighted by Crippen LogP contribution is -2.13. The van der Waals surface area contributed by atoms with Crippen LogP contribution >= 0.6 is 0 Å². The predicted molar refractivity (Wildman–Crippen MR) is 245 cm³/mol. The molecule has 0 aliphatic heterocycles. The van der Waals surface area contributed by atoms with Gasteiger partial charge in [0.05, 0.1) is 103 Å². The second-order valence-corrected chi connectivity index (χ2v) is 15.9. The Morgan fingerprint density at radius 2 is 0.794 bits per heavy atom. The van der Waals surface area contributed by atoms with Crippen molar-refractivity contribution in [3.8, 4) is 75.1 Å². The number of hydrogen-bond acceptors (Lipinski definition) is 5. The fourth-order valence-electron chi connectivity index (χ4n) is 9.15. The summed E-state index contributed by atoms with van der Waals surface area (Å²) in [6.07, 6.45) is -10.4. The van der Waals surface area contributed by atoms with E-state index in [0.717, 1.165) is 22.2 Å². The third-order valence-corrected chi connectivity index (χ3v) is 12.2. The number of alkyl halides is 6. The van der Waals surface area contributed by atoms with Gasteiger partial charge in [0, 0.05) is 27.1 Å². The fourth-order valence-corrected chi connectivity index (χ4v) is 9.15. The third kappa shape index (κ3) is 6.81. The first-order chi connectivity index (χ1) is 32.8. The van der Waals surface area contributed by atoms with E-state index in [1.165, 1.54) is 24.3 Å². The van der Waals surface area contributed by atoms with Crippen LogP contribution in [0.4, 0.5) is 26.3 Å². The zero-order valence-electron chi connectivity index (χ0n) is 34.8. The minimum atomic E-state index is -5.28. The Bertz CT molecular complexity index is 4020. The van der Waals surface area contributed by atoms with Crippen molar-refractivity contribution in [3.05, 3.63) is 191 Å². The summed E-state index contributed by atoms with van der Waals surface area (Å²) in [5.41, 5.74) is 1.73. The first kappa shape index (κ1) is 42.3. The van der Waals surface area contributed by atoms with Crippen LogP contribution in [0, 0.1) is 56.7 Å². The lowest BCUT2D eigenvalue weighted by atomic mass is 9.92. The molecule has 0 saturated heterocycles. The first-order valence-corrected chi connectivity index (χ1v) is 20.6. The van der Waals surface area contributed by atoms with Gasteiger partial charge in [-0.2, -0.15) is 52.7 Å². The van der Waals surface area contributed by atoms with Gasteiger partial charge in [0.15, 0.2) is 0 Å². The molecule has 68 heavy (non-hydrogen) atoms. The molecule has 7 nitrogen and oxygen atoms in total. The zero-order chi connectivity index (χ0) is 47.6.